The number of hydrogen-bond donors (Lipinski definition) is 1. The minimum Gasteiger partial charge on any atom is -0.465 e. The fourth-order valence-corrected chi connectivity index (χ4v) is 7.66. The van der Waals surface area contributed by atoms with Gasteiger partial charge >= 0.3 is 18.0 Å². The Hall–Kier alpha value is -4.88. The fourth-order valence-electron chi connectivity index (χ4n) is 6.92. The van der Waals surface area contributed by atoms with Crippen molar-refractivity contribution in [2.45, 2.75) is 26.9 Å². The van der Waals surface area contributed by atoms with E-state index in [2.05, 4.69) is 60.2 Å². The van der Waals surface area contributed by atoms with Crippen molar-refractivity contribution >= 4 is 67.0 Å². The standard InChI is InChI=1S/C22H25BrF2N4O2.C22H24BrF2N3O3/c1-2-27-7-9-28(10-8-27)22(31)29(17-5-6-19(24)18(23)12-17)14-16-4-3-15(11-20(16)25)21(30)13-26;1-3-26-8-10-27(11-9-26)22(30)28(17-6-7-19(24)18(23)13-17)14-16-5-4-15(12-20(16)25)21(29)31-2/h3-6,11-12H,2,7-10,13-14,26H2,1H3;4-7,12-13H,3,8-11,14H2,1-2H3. The number of likely N-dealkylation sites (N-methyl/N-ethyl adjacent to an activating group) is 2. The lowest BCUT2D eigenvalue weighted by atomic mass is 10.1. The van der Waals surface area contributed by atoms with Gasteiger partial charge in [-0.1, -0.05) is 32.0 Å². The van der Waals surface area contributed by atoms with E-state index < -0.39 is 29.2 Å². The summed E-state index contributed by atoms with van der Waals surface area (Å²) in [6.07, 6.45) is 0. The van der Waals surface area contributed by atoms with Crippen molar-refractivity contribution in [1.82, 2.24) is 19.6 Å². The zero-order valence-corrected chi connectivity index (χ0v) is 37.9. The van der Waals surface area contributed by atoms with Crippen LogP contribution in [0.5, 0.6) is 0 Å². The molecule has 2 saturated heterocycles. The average Bonchev–Trinajstić information content (AvgIpc) is 3.29. The summed E-state index contributed by atoms with van der Waals surface area (Å²) in [6, 6.07) is 16.0. The van der Waals surface area contributed by atoms with Crippen molar-refractivity contribution in [3.8, 4) is 0 Å². The van der Waals surface area contributed by atoms with Gasteiger partial charge in [-0.05, 0) is 99.5 Å². The first-order chi connectivity index (χ1) is 29.7. The lowest BCUT2D eigenvalue weighted by molar-refractivity contribution is 0.0600. The molecule has 6 rings (SSSR count). The van der Waals surface area contributed by atoms with Gasteiger partial charge in [0, 0.05) is 80.4 Å². The third-order valence-corrected chi connectivity index (χ3v) is 12.0. The van der Waals surface area contributed by atoms with Gasteiger partial charge < -0.3 is 30.1 Å². The van der Waals surface area contributed by atoms with Gasteiger partial charge in [0.15, 0.2) is 5.78 Å². The predicted molar refractivity (Wildman–Crippen MR) is 236 cm³/mol. The van der Waals surface area contributed by atoms with Crippen molar-refractivity contribution in [3.05, 3.63) is 127 Å². The minimum atomic E-state index is -0.644. The predicted octanol–water partition coefficient (Wildman–Crippen LogP) is 7.91. The highest BCUT2D eigenvalue weighted by atomic mass is 79.9. The Kier molecular flexibility index (Phi) is 17.4. The average molecular weight is 992 g/mol. The normalized spacial score (nSPS) is 14.5. The van der Waals surface area contributed by atoms with Gasteiger partial charge in [-0.25, -0.2) is 31.9 Å². The van der Waals surface area contributed by atoms with Crippen LogP contribution in [-0.2, 0) is 17.8 Å². The molecule has 332 valence electrons. The van der Waals surface area contributed by atoms with Gasteiger partial charge in [-0.2, -0.15) is 0 Å². The zero-order valence-electron chi connectivity index (χ0n) is 34.7. The zero-order chi connectivity index (χ0) is 45.1. The molecule has 18 heteroatoms. The molecule has 0 atom stereocenters. The number of methoxy groups -OCH3 is 1. The number of nitrogens with two attached hydrogens (primary N) is 1. The van der Waals surface area contributed by atoms with Crippen molar-refractivity contribution < 1.29 is 41.5 Å². The molecule has 4 aromatic carbocycles. The molecule has 2 heterocycles. The summed E-state index contributed by atoms with van der Waals surface area (Å²) >= 11 is 6.30. The molecule has 0 spiro atoms. The molecule has 0 aliphatic carbocycles. The van der Waals surface area contributed by atoms with Crippen LogP contribution < -0.4 is 15.5 Å². The molecule has 4 amide bonds. The molecule has 0 radical (unpaired) electrons. The van der Waals surface area contributed by atoms with E-state index in [1.165, 1.54) is 77.6 Å². The van der Waals surface area contributed by atoms with Crippen molar-refractivity contribution in [3.63, 3.8) is 0 Å². The molecule has 0 saturated carbocycles. The number of Topliss-reactive ketones (excluding diaryl/α,β-unsaturated/α-hetero) is 1. The number of carbonyl (C=O) groups is 4. The van der Waals surface area contributed by atoms with E-state index in [1.807, 2.05) is 0 Å². The number of anilines is 2. The van der Waals surface area contributed by atoms with E-state index >= 15 is 0 Å². The number of nitrogens with zero attached hydrogens (tertiary/aromatic N) is 6. The fraction of sp³-hybridized carbons (Fsp3) is 0.364. The monoisotopic (exact) mass is 989 g/mol. The summed E-state index contributed by atoms with van der Waals surface area (Å²) in [5, 5.41) is 0. The third-order valence-electron chi connectivity index (χ3n) is 10.8. The number of ketones is 1. The Bertz CT molecular complexity index is 2080. The maximum atomic E-state index is 14.7. The number of esters is 1. The summed E-state index contributed by atoms with van der Waals surface area (Å²) in [5.41, 5.74) is 6.97. The topological polar surface area (TPSA) is 123 Å². The molecule has 0 unspecified atom stereocenters. The quantitative estimate of drug-likeness (QED) is 0.0915. The number of hydrogen-bond acceptors (Lipinski definition) is 8. The van der Waals surface area contributed by atoms with E-state index in [0.29, 0.717) is 37.6 Å². The number of carbonyl (C=O) groups excluding carboxylic acids is 4. The second kappa shape index (κ2) is 22.5. The van der Waals surface area contributed by atoms with Gasteiger partial charge in [0.05, 0.1) is 41.3 Å². The molecule has 2 fully saturated rings. The summed E-state index contributed by atoms with van der Waals surface area (Å²) in [7, 11) is 1.22. The van der Waals surface area contributed by atoms with E-state index in [-0.39, 0.29) is 68.7 Å². The Morgan fingerprint density at radius 3 is 1.35 bits per heavy atom. The number of ether oxygens (including phenoxy) is 1. The Labute approximate surface area is 375 Å². The van der Waals surface area contributed by atoms with Crippen molar-refractivity contribution in [1.29, 1.82) is 0 Å². The van der Waals surface area contributed by atoms with Crippen LogP contribution in [-0.4, -0.2) is 123 Å². The maximum Gasteiger partial charge on any atom is 0.337 e. The first kappa shape index (κ1) is 48.2. The van der Waals surface area contributed by atoms with Crippen LogP contribution in [0.3, 0.4) is 0 Å². The van der Waals surface area contributed by atoms with Gasteiger partial charge in [0.1, 0.15) is 23.3 Å². The number of piperazine rings is 2. The summed E-state index contributed by atoms with van der Waals surface area (Å²) < 4.78 is 62.1. The number of benzene rings is 4. The second-order valence-corrected chi connectivity index (χ2v) is 16.2. The van der Waals surface area contributed by atoms with Crippen LogP contribution in [0.1, 0.15) is 45.7 Å². The van der Waals surface area contributed by atoms with Crippen LogP contribution in [0.2, 0.25) is 0 Å². The van der Waals surface area contributed by atoms with Gasteiger partial charge in [-0.15, -0.1) is 0 Å². The second-order valence-electron chi connectivity index (χ2n) is 14.5. The third kappa shape index (κ3) is 12.2. The highest BCUT2D eigenvalue weighted by Gasteiger charge is 2.29. The first-order valence-electron chi connectivity index (χ1n) is 20.0. The van der Waals surface area contributed by atoms with Gasteiger partial charge in [-0.3, -0.25) is 14.6 Å². The Morgan fingerprint density at radius 2 is 1.00 bits per heavy atom. The highest BCUT2D eigenvalue weighted by molar-refractivity contribution is 9.10. The molecule has 2 aliphatic rings. The van der Waals surface area contributed by atoms with E-state index in [4.69, 9.17) is 5.73 Å². The Morgan fingerprint density at radius 1 is 0.597 bits per heavy atom. The van der Waals surface area contributed by atoms with Gasteiger partial charge in [0.25, 0.3) is 0 Å². The molecule has 12 nitrogen and oxygen atoms in total. The van der Waals surface area contributed by atoms with E-state index in [0.717, 1.165) is 51.4 Å². The van der Waals surface area contributed by atoms with Gasteiger partial charge in [0.2, 0.25) is 0 Å². The lowest BCUT2D eigenvalue weighted by Gasteiger charge is -2.37. The molecule has 4 aromatic rings. The van der Waals surface area contributed by atoms with Crippen molar-refractivity contribution in [2.24, 2.45) is 5.73 Å². The summed E-state index contributed by atoms with van der Waals surface area (Å²) in [4.78, 5) is 60.9. The molecule has 0 bridgehead atoms. The maximum absolute atomic E-state index is 14.7. The number of halogens is 6. The highest BCUT2D eigenvalue weighted by Crippen LogP contribution is 2.29. The number of rotatable bonds is 11. The molecule has 2 N–H and O–H groups in total. The van der Waals surface area contributed by atoms with E-state index in [9.17, 15) is 36.7 Å². The number of amides is 4. The number of urea groups is 2. The summed E-state index contributed by atoms with van der Waals surface area (Å²) in [5.74, 6) is -3.15. The molecule has 0 aromatic heterocycles. The lowest BCUT2D eigenvalue weighted by Crippen LogP contribution is -2.52. The SMILES string of the molecule is CCN1CCN(C(=O)N(Cc2ccc(C(=O)CN)cc2F)c2ccc(F)c(Br)c2)CC1.CCN1CCN(C(=O)N(Cc2ccc(C(=O)OC)cc2F)c2ccc(F)c(Br)c2)CC1. The Balaban J connectivity index is 0.000000234. The van der Waals surface area contributed by atoms with E-state index in [1.54, 1.807) is 9.80 Å². The molecule has 62 heavy (non-hydrogen) atoms. The molecule has 2 aliphatic heterocycles. The van der Waals surface area contributed by atoms with Crippen LogP contribution >= 0.6 is 31.9 Å². The summed E-state index contributed by atoms with van der Waals surface area (Å²) in [6.45, 7) is 10.9. The molecular weight excluding hydrogens is 942 g/mol. The largest absolute Gasteiger partial charge is 0.465 e. The van der Waals surface area contributed by atoms with Crippen LogP contribution in [0, 0.1) is 23.3 Å². The smallest absolute Gasteiger partial charge is 0.337 e. The van der Waals surface area contributed by atoms with Crippen molar-refractivity contribution in [2.75, 3.05) is 88.9 Å². The van der Waals surface area contributed by atoms with Crippen LogP contribution in [0.15, 0.2) is 81.7 Å². The first-order valence-corrected chi connectivity index (χ1v) is 21.6. The van der Waals surface area contributed by atoms with Crippen LogP contribution in [0.25, 0.3) is 0 Å². The minimum absolute atomic E-state index is 0.0617. The van der Waals surface area contributed by atoms with Crippen LogP contribution in [0.4, 0.5) is 38.5 Å². The molecular formula is C44H49Br2F4N7O5.